The van der Waals surface area contributed by atoms with Crippen LogP contribution in [-0.4, -0.2) is 44.0 Å². The maximum absolute atomic E-state index is 11.1. The minimum Gasteiger partial charge on any atom is -0.478 e. The molecule has 3 aromatic rings. The molecule has 156 valence electrons. The molecule has 0 amide bonds. The van der Waals surface area contributed by atoms with Crippen LogP contribution in [-0.2, 0) is 4.74 Å². The molecule has 1 aromatic carbocycles. The topological polar surface area (TPSA) is 102 Å². The minimum absolute atomic E-state index is 0.246. The number of ether oxygens (including phenoxy) is 1. The van der Waals surface area contributed by atoms with E-state index in [0.29, 0.717) is 18.1 Å². The molecule has 30 heavy (non-hydrogen) atoms. The summed E-state index contributed by atoms with van der Waals surface area (Å²) >= 11 is 0. The molecule has 4 rings (SSSR count). The van der Waals surface area contributed by atoms with E-state index in [0.717, 1.165) is 48.2 Å². The molecule has 2 heterocycles. The van der Waals surface area contributed by atoms with Crippen LogP contribution < -0.4 is 5.32 Å². The lowest BCUT2D eigenvalue weighted by molar-refractivity contribution is 0.0568. The molecule has 1 aliphatic rings. The van der Waals surface area contributed by atoms with Gasteiger partial charge in [0.2, 0.25) is 5.95 Å². The molecule has 0 saturated heterocycles. The number of anilines is 2. The molecule has 0 unspecified atom stereocenters. The van der Waals surface area contributed by atoms with Crippen LogP contribution in [0, 0.1) is 6.92 Å². The number of benzene rings is 1. The first-order valence-electron chi connectivity index (χ1n) is 10.0. The number of nitrogens with zero attached hydrogens (tertiary/aromatic N) is 4. The second kappa shape index (κ2) is 8.62. The summed E-state index contributed by atoms with van der Waals surface area (Å²) in [6, 6.07) is 7.06. The Hall–Kier alpha value is -3.26. The highest BCUT2D eigenvalue weighted by Gasteiger charge is 2.22. The van der Waals surface area contributed by atoms with Crippen molar-refractivity contribution in [2.24, 2.45) is 0 Å². The molecular formula is C22H25N5O3. The fraction of sp³-hybridized carbons (Fsp3) is 0.364. The van der Waals surface area contributed by atoms with Gasteiger partial charge in [0.05, 0.1) is 35.3 Å². The van der Waals surface area contributed by atoms with Gasteiger partial charge in [-0.1, -0.05) is 12.1 Å². The summed E-state index contributed by atoms with van der Waals surface area (Å²) in [5.41, 5.74) is 3.59. The highest BCUT2D eigenvalue weighted by Crippen LogP contribution is 2.30. The van der Waals surface area contributed by atoms with E-state index in [9.17, 15) is 4.79 Å². The van der Waals surface area contributed by atoms with E-state index in [1.165, 1.54) is 0 Å². The number of nitrogens with one attached hydrogen (secondary N) is 1. The third-order valence-corrected chi connectivity index (χ3v) is 5.59. The Balaban J connectivity index is 1.49. The van der Waals surface area contributed by atoms with Gasteiger partial charge in [-0.2, -0.15) is 5.10 Å². The van der Waals surface area contributed by atoms with Gasteiger partial charge >= 0.3 is 5.97 Å². The number of hydrogen-bond acceptors (Lipinski definition) is 6. The van der Waals surface area contributed by atoms with Gasteiger partial charge in [0.25, 0.3) is 0 Å². The number of carbonyl (C=O) groups is 1. The Kier molecular flexibility index (Phi) is 5.76. The van der Waals surface area contributed by atoms with Crippen molar-refractivity contribution in [3.05, 3.63) is 54.0 Å². The maximum Gasteiger partial charge on any atom is 0.335 e. The zero-order valence-electron chi connectivity index (χ0n) is 17.1. The van der Waals surface area contributed by atoms with Crippen molar-refractivity contribution in [3.8, 4) is 11.3 Å². The van der Waals surface area contributed by atoms with Gasteiger partial charge in [-0.15, -0.1) is 0 Å². The van der Waals surface area contributed by atoms with E-state index in [1.807, 2.05) is 17.8 Å². The second-order valence-corrected chi connectivity index (χ2v) is 7.61. The van der Waals surface area contributed by atoms with E-state index >= 15 is 0 Å². The Morgan fingerprint density at radius 3 is 2.57 bits per heavy atom. The summed E-state index contributed by atoms with van der Waals surface area (Å²) < 4.78 is 7.46. The van der Waals surface area contributed by atoms with Crippen LogP contribution in [0.5, 0.6) is 0 Å². The summed E-state index contributed by atoms with van der Waals surface area (Å²) in [6.45, 7) is 1.93. The number of aromatic carboxylic acids is 1. The molecular weight excluding hydrogens is 382 g/mol. The van der Waals surface area contributed by atoms with Crippen LogP contribution in [0.25, 0.3) is 11.3 Å². The van der Waals surface area contributed by atoms with Crippen molar-refractivity contribution >= 4 is 17.6 Å². The number of aromatic nitrogens is 4. The second-order valence-electron chi connectivity index (χ2n) is 7.61. The normalized spacial score (nSPS) is 18.9. The van der Waals surface area contributed by atoms with E-state index in [1.54, 1.807) is 43.8 Å². The van der Waals surface area contributed by atoms with Crippen LogP contribution in [0.15, 0.2) is 42.9 Å². The van der Waals surface area contributed by atoms with Gasteiger partial charge in [-0.05, 0) is 50.3 Å². The van der Waals surface area contributed by atoms with Crippen LogP contribution >= 0.6 is 0 Å². The maximum atomic E-state index is 11.1. The largest absolute Gasteiger partial charge is 0.478 e. The monoisotopic (exact) mass is 407 g/mol. The average molecular weight is 407 g/mol. The summed E-state index contributed by atoms with van der Waals surface area (Å²) in [7, 11) is 1.78. The number of carboxylic acids is 1. The van der Waals surface area contributed by atoms with Crippen LogP contribution in [0.4, 0.5) is 11.6 Å². The van der Waals surface area contributed by atoms with Crippen LogP contribution in [0.1, 0.15) is 47.6 Å². The smallest absolute Gasteiger partial charge is 0.335 e. The van der Waals surface area contributed by atoms with Gasteiger partial charge in [0.1, 0.15) is 0 Å². The third kappa shape index (κ3) is 4.33. The van der Waals surface area contributed by atoms with Crippen molar-refractivity contribution < 1.29 is 14.6 Å². The molecule has 0 aliphatic heterocycles. The summed E-state index contributed by atoms with van der Waals surface area (Å²) in [4.78, 5) is 20.1. The van der Waals surface area contributed by atoms with Gasteiger partial charge in [0.15, 0.2) is 0 Å². The average Bonchev–Trinajstić information content (AvgIpc) is 3.23. The highest BCUT2D eigenvalue weighted by molar-refractivity contribution is 5.88. The van der Waals surface area contributed by atoms with Crippen molar-refractivity contribution in [2.45, 2.75) is 44.8 Å². The predicted octanol–water partition coefficient (Wildman–Crippen LogP) is 4.22. The van der Waals surface area contributed by atoms with E-state index < -0.39 is 5.97 Å². The molecule has 0 atom stereocenters. The number of carboxylic acid groups (broad SMARTS) is 1. The third-order valence-electron chi connectivity index (χ3n) is 5.59. The first-order valence-corrected chi connectivity index (χ1v) is 10.0. The number of aryl methyl sites for hydroxylation is 1. The van der Waals surface area contributed by atoms with Crippen LogP contribution in [0.3, 0.4) is 0 Å². The zero-order chi connectivity index (χ0) is 21.1. The standard InChI is InChI=1S/C22H25N5O3/c1-14-11-23-22(26-20(14)15-3-5-16(6-4-15)21(28)29)25-17-12-24-27(13-17)18-7-9-19(30-2)10-8-18/h3-6,11-13,18-19H,7-10H2,1-2H3,(H,28,29)(H,23,25,26). The van der Waals surface area contributed by atoms with Crippen molar-refractivity contribution in [3.63, 3.8) is 0 Å². The first-order chi connectivity index (χ1) is 14.5. The first kappa shape index (κ1) is 20.0. The molecule has 8 nitrogen and oxygen atoms in total. The zero-order valence-corrected chi connectivity index (χ0v) is 17.1. The molecule has 1 saturated carbocycles. The lowest BCUT2D eigenvalue weighted by atomic mass is 9.93. The molecule has 2 aromatic heterocycles. The summed E-state index contributed by atoms with van der Waals surface area (Å²) in [5.74, 6) is -0.475. The fourth-order valence-corrected chi connectivity index (χ4v) is 3.84. The van der Waals surface area contributed by atoms with Gasteiger partial charge < -0.3 is 15.2 Å². The lowest BCUT2D eigenvalue weighted by Gasteiger charge is -2.27. The SMILES string of the molecule is COC1CCC(n2cc(Nc3ncc(C)c(-c4ccc(C(=O)O)cc4)n3)cn2)CC1. The van der Waals surface area contributed by atoms with E-state index in [-0.39, 0.29) is 5.56 Å². The highest BCUT2D eigenvalue weighted by atomic mass is 16.5. The number of methoxy groups -OCH3 is 1. The quantitative estimate of drug-likeness (QED) is 0.631. The van der Waals surface area contributed by atoms with E-state index in [4.69, 9.17) is 9.84 Å². The van der Waals surface area contributed by atoms with Gasteiger partial charge in [-0.25, -0.2) is 14.8 Å². The Labute approximate surface area is 174 Å². The Morgan fingerprint density at radius 2 is 1.90 bits per heavy atom. The van der Waals surface area contributed by atoms with Crippen molar-refractivity contribution in [1.82, 2.24) is 19.7 Å². The lowest BCUT2D eigenvalue weighted by Crippen LogP contribution is -2.22. The molecule has 2 N–H and O–H groups in total. The molecule has 0 bridgehead atoms. The molecule has 0 spiro atoms. The van der Waals surface area contributed by atoms with Gasteiger partial charge in [0, 0.05) is 25.1 Å². The molecule has 1 aliphatic carbocycles. The van der Waals surface area contributed by atoms with E-state index in [2.05, 4.69) is 20.4 Å². The summed E-state index contributed by atoms with van der Waals surface area (Å²) in [6.07, 6.45) is 10.1. The number of hydrogen-bond donors (Lipinski definition) is 2. The van der Waals surface area contributed by atoms with Crippen molar-refractivity contribution in [2.75, 3.05) is 12.4 Å². The molecule has 8 heteroatoms. The molecule has 0 radical (unpaired) electrons. The Morgan fingerprint density at radius 1 is 1.17 bits per heavy atom. The predicted molar refractivity (Wildman–Crippen MR) is 113 cm³/mol. The van der Waals surface area contributed by atoms with Gasteiger partial charge in [-0.3, -0.25) is 4.68 Å². The number of rotatable bonds is 6. The molecule has 1 fully saturated rings. The summed E-state index contributed by atoms with van der Waals surface area (Å²) in [5, 5.41) is 16.8. The fourth-order valence-electron chi connectivity index (χ4n) is 3.84. The minimum atomic E-state index is -0.948. The van der Waals surface area contributed by atoms with Crippen molar-refractivity contribution in [1.29, 1.82) is 0 Å². The Bertz CT molecular complexity index is 1020. The van der Waals surface area contributed by atoms with Crippen LogP contribution in [0.2, 0.25) is 0 Å².